The fourth-order valence-corrected chi connectivity index (χ4v) is 2.26. The van der Waals surface area contributed by atoms with E-state index in [0.29, 0.717) is 42.6 Å². The van der Waals surface area contributed by atoms with Crippen molar-refractivity contribution in [2.24, 2.45) is 0 Å². The van der Waals surface area contributed by atoms with Gasteiger partial charge in [0.15, 0.2) is 0 Å². The molecule has 2 aromatic carbocycles. The van der Waals surface area contributed by atoms with Gasteiger partial charge in [0.25, 0.3) is 5.91 Å². The molecule has 0 aliphatic rings. The molecule has 1 N–H and O–H groups in total. The number of hydrogen-bond acceptors (Lipinski definition) is 4. The molecule has 0 aliphatic carbocycles. The highest BCUT2D eigenvalue weighted by Gasteiger charge is 2.09. The molecule has 0 saturated carbocycles. The molecule has 140 valence electrons. The molecular formula is C21H27NO4. The van der Waals surface area contributed by atoms with Gasteiger partial charge in [-0.3, -0.25) is 4.79 Å². The minimum Gasteiger partial charge on any atom is -0.491 e. The van der Waals surface area contributed by atoms with Crippen molar-refractivity contribution >= 4 is 11.6 Å². The lowest BCUT2D eigenvalue weighted by Crippen LogP contribution is -2.13. The van der Waals surface area contributed by atoms with Gasteiger partial charge in [0.2, 0.25) is 0 Å². The van der Waals surface area contributed by atoms with Crippen LogP contribution in [0.4, 0.5) is 5.69 Å². The second kappa shape index (κ2) is 10.5. The van der Waals surface area contributed by atoms with E-state index in [4.69, 9.17) is 14.2 Å². The standard InChI is InChI=1S/C21H27NO4/c1-4-16(3)26-20-11-6-8-17(14-20)21(23)22-18-9-7-10-19(15-18)25-13-12-24-5-2/h6-11,14-16H,4-5,12-13H2,1-3H3,(H,22,23). The second-order valence-electron chi connectivity index (χ2n) is 5.89. The van der Waals surface area contributed by atoms with E-state index in [-0.39, 0.29) is 12.0 Å². The van der Waals surface area contributed by atoms with Gasteiger partial charge in [-0.05, 0) is 50.6 Å². The zero-order valence-corrected chi connectivity index (χ0v) is 15.7. The summed E-state index contributed by atoms with van der Waals surface area (Å²) in [5.41, 5.74) is 1.23. The Hall–Kier alpha value is -2.53. The molecule has 0 spiro atoms. The molecule has 1 atom stereocenters. The van der Waals surface area contributed by atoms with Crippen molar-refractivity contribution < 1.29 is 19.0 Å². The van der Waals surface area contributed by atoms with Crippen molar-refractivity contribution in [3.05, 3.63) is 54.1 Å². The van der Waals surface area contributed by atoms with Crippen LogP contribution in [0.2, 0.25) is 0 Å². The number of ether oxygens (including phenoxy) is 3. The summed E-state index contributed by atoms with van der Waals surface area (Å²) in [4.78, 5) is 12.5. The first-order chi connectivity index (χ1) is 12.6. The second-order valence-corrected chi connectivity index (χ2v) is 5.89. The molecule has 0 fully saturated rings. The Kier molecular flexibility index (Phi) is 7.96. The quantitative estimate of drug-likeness (QED) is 0.635. The molecule has 0 aliphatic heterocycles. The Morgan fingerprint density at radius 3 is 2.58 bits per heavy atom. The van der Waals surface area contributed by atoms with Crippen LogP contribution in [0.1, 0.15) is 37.6 Å². The summed E-state index contributed by atoms with van der Waals surface area (Å²) >= 11 is 0. The maximum atomic E-state index is 12.5. The molecule has 26 heavy (non-hydrogen) atoms. The molecule has 0 radical (unpaired) electrons. The van der Waals surface area contributed by atoms with Gasteiger partial charge in [0.1, 0.15) is 18.1 Å². The Bertz CT molecular complexity index is 702. The average molecular weight is 357 g/mol. The Labute approximate surface area is 155 Å². The summed E-state index contributed by atoms with van der Waals surface area (Å²) in [6.45, 7) is 7.68. The summed E-state index contributed by atoms with van der Waals surface area (Å²) < 4.78 is 16.6. The lowest BCUT2D eigenvalue weighted by molar-refractivity contribution is 0.102. The maximum absolute atomic E-state index is 12.5. The van der Waals surface area contributed by atoms with Crippen LogP contribution in [0.25, 0.3) is 0 Å². The number of anilines is 1. The number of carbonyl (C=O) groups is 1. The molecule has 0 bridgehead atoms. The largest absolute Gasteiger partial charge is 0.491 e. The number of hydrogen-bond donors (Lipinski definition) is 1. The van der Waals surface area contributed by atoms with Gasteiger partial charge < -0.3 is 19.5 Å². The van der Waals surface area contributed by atoms with Crippen LogP contribution in [0.15, 0.2) is 48.5 Å². The van der Waals surface area contributed by atoms with Gasteiger partial charge in [-0.2, -0.15) is 0 Å². The highest BCUT2D eigenvalue weighted by Crippen LogP contribution is 2.20. The van der Waals surface area contributed by atoms with Gasteiger partial charge in [0.05, 0.1) is 12.7 Å². The fraction of sp³-hybridized carbons (Fsp3) is 0.381. The van der Waals surface area contributed by atoms with Gasteiger partial charge in [-0.25, -0.2) is 0 Å². The van der Waals surface area contributed by atoms with Gasteiger partial charge >= 0.3 is 0 Å². The third kappa shape index (κ3) is 6.41. The number of rotatable bonds is 10. The minimum atomic E-state index is -0.189. The maximum Gasteiger partial charge on any atom is 0.255 e. The summed E-state index contributed by atoms with van der Waals surface area (Å²) in [6, 6.07) is 14.5. The molecule has 1 unspecified atom stereocenters. The van der Waals surface area contributed by atoms with Crippen LogP contribution in [0.5, 0.6) is 11.5 Å². The zero-order valence-electron chi connectivity index (χ0n) is 15.7. The Morgan fingerprint density at radius 1 is 1.04 bits per heavy atom. The van der Waals surface area contributed by atoms with E-state index in [9.17, 15) is 4.79 Å². The van der Waals surface area contributed by atoms with Crippen LogP contribution in [-0.4, -0.2) is 31.8 Å². The monoisotopic (exact) mass is 357 g/mol. The highest BCUT2D eigenvalue weighted by atomic mass is 16.5. The lowest BCUT2D eigenvalue weighted by atomic mass is 10.2. The smallest absolute Gasteiger partial charge is 0.255 e. The normalized spacial score (nSPS) is 11.7. The van der Waals surface area contributed by atoms with E-state index in [2.05, 4.69) is 12.2 Å². The van der Waals surface area contributed by atoms with E-state index >= 15 is 0 Å². The number of benzene rings is 2. The molecule has 5 nitrogen and oxygen atoms in total. The lowest BCUT2D eigenvalue weighted by Gasteiger charge is -2.13. The first-order valence-corrected chi connectivity index (χ1v) is 9.01. The van der Waals surface area contributed by atoms with E-state index in [1.54, 1.807) is 18.2 Å². The van der Waals surface area contributed by atoms with Crippen molar-refractivity contribution in [3.8, 4) is 11.5 Å². The molecule has 5 heteroatoms. The molecule has 1 amide bonds. The van der Waals surface area contributed by atoms with E-state index < -0.39 is 0 Å². The fourth-order valence-electron chi connectivity index (χ4n) is 2.26. The van der Waals surface area contributed by atoms with Crippen molar-refractivity contribution in [2.75, 3.05) is 25.1 Å². The Morgan fingerprint density at radius 2 is 1.81 bits per heavy atom. The molecular weight excluding hydrogens is 330 g/mol. The van der Waals surface area contributed by atoms with Gasteiger partial charge in [-0.15, -0.1) is 0 Å². The van der Waals surface area contributed by atoms with Crippen LogP contribution in [-0.2, 0) is 4.74 Å². The van der Waals surface area contributed by atoms with Crippen LogP contribution in [0, 0.1) is 0 Å². The first-order valence-electron chi connectivity index (χ1n) is 9.01. The van der Waals surface area contributed by atoms with Crippen molar-refractivity contribution in [1.29, 1.82) is 0 Å². The minimum absolute atomic E-state index is 0.110. The SMILES string of the molecule is CCOCCOc1cccc(NC(=O)c2cccc(OC(C)CC)c2)c1. The highest BCUT2D eigenvalue weighted by molar-refractivity contribution is 6.04. The third-order valence-electron chi connectivity index (χ3n) is 3.80. The number of carbonyl (C=O) groups excluding carboxylic acids is 1. The van der Waals surface area contributed by atoms with Crippen molar-refractivity contribution in [1.82, 2.24) is 0 Å². The molecule has 2 rings (SSSR count). The van der Waals surface area contributed by atoms with Crippen LogP contribution < -0.4 is 14.8 Å². The first kappa shape index (κ1) is 19.8. The average Bonchev–Trinajstić information content (AvgIpc) is 2.65. The van der Waals surface area contributed by atoms with E-state index in [0.717, 1.165) is 6.42 Å². The van der Waals surface area contributed by atoms with Crippen molar-refractivity contribution in [3.63, 3.8) is 0 Å². The number of amides is 1. The predicted octanol–water partition coefficient (Wildman–Crippen LogP) is 4.53. The van der Waals surface area contributed by atoms with Gasteiger partial charge in [0, 0.05) is 23.9 Å². The van der Waals surface area contributed by atoms with Crippen LogP contribution >= 0.6 is 0 Å². The topological polar surface area (TPSA) is 56.8 Å². The van der Waals surface area contributed by atoms with E-state index in [1.807, 2.05) is 44.2 Å². The summed E-state index contributed by atoms with van der Waals surface area (Å²) in [5, 5.41) is 2.89. The van der Waals surface area contributed by atoms with Crippen LogP contribution in [0.3, 0.4) is 0 Å². The predicted molar refractivity (Wildman–Crippen MR) is 103 cm³/mol. The van der Waals surface area contributed by atoms with Crippen molar-refractivity contribution in [2.45, 2.75) is 33.3 Å². The van der Waals surface area contributed by atoms with Gasteiger partial charge in [-0.1, -0.05) is 19.1 Å². The Balaban J connectivity index is 1.97. The molecule has 0 aromatic heterocycles. The molecule has 0 saturated heterocycles. The third-order valence-corrected chi connectivity index (χ3v) is 3.80. The summed E-state index contributed by atoms with van der Waals surface area (Å²) in [5.74, 6) is 1.20. The zero-order chi connectivity index (χ0) is 18.8. The number of nitrogens with one attached hydrogen (secondary N) is 1. The summed E-state index contributed by atoms with van der Waals surface area (Å²) in [7, 11) is 0. The summed E-state index contributed by atoms with van der Waals surface area (Å²) in [6.07, 6.45) is 1.02. The van der Waals surface area contributed by atoms with E-state index in [1.165, 1.54) is 0 Å². The molecule has 2 aromatic rings. The molecule has 0 heterocycles.